The average Bonchev–Trinajstić information content (AvgIpc) is 2.77. The topological polar surface area (TPSA) is 24.9 Å². The summed E-state index contributed by atoms with van der Waals surface area (Å²) in [5, 5.41) is 5.69. The SMILES string of the molecule is CCNC(Cc1cccnc1)Cc1sccc1Br. The van der Waals surface area contributed by atoms with E-state index >= 15 is 0 Å². The number of hydrogen-bond donors (Lipinski definition) is 1. The third-order valence-electron chi connectivity index (χ3n) is 2.82. The van der Waals surface area contributed by atoms with E-state index in [1.165, 1.54) is 14.9 Å². The molecule has 0 radical (unpaired) electrons. The number of pyridine rings is 1. The summed E-state index contributed by atoms with van der Waals surface area (Å²) in [5.41, 5.74) is 1.29. The summed E-state index contributed by atoms with van der Waals surface area (Å²) in [6.07, 6.45) is 5.85. The minimum Gasteiger partial charge on any atom is -0.314 e. The molecule has 0 aromatic carbocycles. The standard InChI is InChI=1S/C14H17BrN2S/c1-2-17-12(8-11-4-3-6-16-10-11)9-14-13(15)5-7-18-14/h3-7,10,12,17H,2,8-9H2,1H3. The molecule has 0 bridgehead atoms. The van der Waals surface area contributed by atoms with Crippen molar-refractivity contribution in [3.8, 4) is 0 Å². The molecule has 1 N–H and O–H groups in total. The van der Waals surface area contributed by atoms with Crippen LogP contribution in [-0.2, 0) is 12.8 Å². The Morgan fingerprint density at radius 3 is 2.89 bits per heavy atom. The molecule has 4 heteroatoms. The van der Waals surface area contributed by atoms with Crippen LogP contribution >= 0.6 is 27.3 Å². The van der Waals surface area contributed by atoms with Gasteiger partial charge in [0, 0.05) is 27.8 Å². The molecule has 96 valence electrons. The Labute approximate surface area is 121 Å². The van der Waals surface area contributed by atoms with Crippen LogP contribution in [0.25, 0.3) is 0 Å². The van der Waals surface area contributed by atoms with E-state index in [0.29, 0.717) is 6.04 Å². The van der Waals surface area contributed by atoms with Gasteiger partial charge in [-0.05, 0) is 58.4 Å². The molecule has 0 aliphatic rings. The Morgan fingerprint density at radius 1 is 1.39 bits per heavy atom. The van der Waals surface area contributed by atoms with Gasteiger partial charge in [-0.25, -0.2) is 0 Å². The quantitative estimate of drug-likeness (QED) is 0.876. The van der Waals surface area contributed by atoms with E-state index < -0.39 is 0 Å². The molecule has 0 amide bonds. The highest BCUT2D eigenvalue weighted by molar-refractivity contribution is 9.10. The van der Waals surface area contributed by atoms with Gasteiger partial charge in [-0.15, -0.1) is 11.3 Å². The smallest absolute Gasteiger partial charge is 0.0314 e. The number of aromatic nitrogens is 1. The molecule has 2 aromatic heterocycles. The summed E-state index contributed by atoms with van der Waals surface area (Å²) in [4.78, 5) is 5.59. The second-order valence-electron chi connectivity index (χ2n) is 4.22. The number of halogens is 1. The van der Waals surface area contributed by atoms with Gasteiger partial charge in [0.15, 0.2) is 0 Å². The molecule has 2 aromatic rings. The number of nitrogens with one attached hydrogen (secondary N) is 1. The van der Waals surface area contributed by atoms with Crippen molar-refractivity contribution in [2.24, 2.45) is 0 Å². The van der Waals surface area contributed by atoms with Crippen LogP contribution in [0.15, 0.2) is 40.4 Å². The van der Waals surface area contributed by atoms with Gasteiger partial charge in [0.25, 0.3) is 0 Å². The summed E-state index contributed by atoms with van der Waals surface area (Å²) in [6, 6.07) is 6.72. The second kappa shape index (κ2) is 7.02. The van der Waals surface area contributed by atoms with Crippen LogP contribution < -0.4 is 5.32 Å². The van der Waals surface area contributed by atoms with Crippen molar-refractivity contribution >= 4 is 27.3 Å². The lowest BCUT2D eigenvalue weighted by Gasteiger charge is -2.17. The highest BCUT2D eigenvalue weighted by atomic mass is 79.9. The molecule has 0 spiro atoms. The van der Waals surface area contributed by atoms with Crippen LogP contribution in [0.5, 0.6) is 0 Å². The molecule has 0 aliphatic carbocycles. The number of hydrogen-bond acceptors (Lipinski definition) is 3. The third kappa shape index (κ3) is 3.90. The predicted molar refractivity (Wildman–Crippen MR) is 81.1 cm³/mol. The first kappa shape index (κ1) is 13.7. The molecule has 2 nitrogen and oxygen atoms in total. The molecule has 0 fully saturated rings. The van der Waals surface area contributed by atoms with Crippen LogP contribution in [0.3, 0.4) is 0 Å². The van der Waals surface area contributed by atoms with Gasteiger partial charge in [-0.3, -0.25) is 4.98 Å². The van der Waals surface area contributed by atoms with Gasteiger partial charge in [0.05, 0.1) is 0 Å². The largest absolute Gasteiger partial charge is 0.314 e. The van der Waals surface area contributed by atoms with Gasteiger partial charge in [0.1, 0.15) is 0 Å². The lowest BCUT2D eigenvalue weighted by molar-refractivity contribution is 0.523. The van der Waals surface area contributed by atoms with E-state index in [0.717, 1.165) is 19.4 Å². The first-order valence-corrected chi connectivity index (χ1v) is 7.81. The number of likely N-dealkylation sites (N-methyl/N-ethyl adjacent to an activating group) is 1. The first-order chi connectivity index (χ1) is 8.79. The van der Waals surface area contributed by atoms with Crippen LogP contribution in [0, 0.1) is 0 Å². The highest BCUT2D eigenvalue weighted by Gasteiger charge is 2.12. The molecular weight excluding hydrogens is 308 g/mol. The van der Waals surface area contributed by atoms with Crippen LogP contribution in [0.2, 0.25) is 0 Å². The van der Waals surface area contributed by atoms with E-state index in [2.05, 4.69) is 50.7 Å². The second-order valence-corrected chi connectivity index (χ2v) is 6.07. The molecule has 1 atom stereocenters. The zero-order valence-corrected chi connectivity index (χ0v) is 12.8. The van der Waals surface area contributed by atoms with E-state index in [1.807, 2.05) is 29.8 Å². The Balaban J connectivity index is 2.02. The van der Waals surface area contributed by atoms with Crippen molar-refractivity contribution < 1.29 is 0 Å². The number of rotatable bonds is 6. The molecule has 2 rings (SSSR count). The van der Waals surface area contributed by atoms with Gasteiger partial charge < -0.3 is 5.32 Å². The van der Waals surface area contributed by atoms with Crippen LogP contribution in [-0.4, -0.2) is 17.6 Å². The molecule has 2 heterocycles. The van der Waals surface area contributed by atoms with Crippen molar-refractivity contribution in [2.45, 2.75) is 25.8 Å². The fraction of sp³-hybridized carbons (Fsp3) is 0.357. The third-order valence-corrected chi connectivity index (χ3v) is 4.77. The monoisotopic (exact) mass is 324 g/mol. The van der Waals surface area contributed by atoms with Crippen molar-refractivity contribution in [1.29, 1.82) is 0 Å². The van der Waals surface area contributed by atoms with Gasteiger partial charge in [-0.1, -0.05) is 13.0 Å². The zero-order valence-electron chi connectivity index (χ0n) is 10.4. The molecule has 0 saturated heterocycles. The van der Waals surface area contributed by atoms with Crippen molar-refractivity contribution in [2.75, 3.05) is 6.54 Å². The molecule has 18 heavy (non-hydrogen) atoms. The first-order valence-electron chi connectivity index (χ1n) is 6.13. The Bertz CT molecular complexity index is 470. The Hall–Kier alpha value is -0.710. The highest BCUT2D eigenvalue weighted by Crippen LogP contribution is 2.24. The van der Waals surface area contributed by atoms with E-state index in [-0.39, 0.29) is 0 Å². The Kier molecular flexibility index (Phi) is 5.35. The van der Waals surface area contributed by atoms with E-state index in [4.69, 9.17) is 0 Å². The summed E-state index contributed by atoms with van der Waals surface area (Å²) in [5.74, 6) is 0. The minimum atomic E-state index is 0.467. The maximum absolute atomic E-state index is 4.18. The molecule has 0 saturated carbocycles. The minimum absolute atomic E-state index is 0.467. The lowest BCUT2D eigenvalue weighted by Crippen LogP contribution is -2.32. The fourth-order valence-electron chi connectivity index (χ4n) is 2.00. The number of thiophene rings is 1. The van der Waals surface area contributed by atoms with Gasteiger partial charge in [-0.2, -0.15) is 0 Å². The summed E-state index contributed by atoms with van der Waals surface area (Å²) < 4.78 is 1.22. The van der Waals surface area contributed by atoms with E-state index in [1.54, 1.807) is 0 Å². The normalized spacial score (nSPS) is 12.6. The summed E-state index contributed by atoms with van der Waals surface area (Å²) in [6.45, 7) is 3.15. The predicted octanol–water partition coefficient (Wildman–Crippen LogP) is 3.67. The molecule has 0 aliphatic heterocycles. The summed E-state index contributed by atoms with van der Waals surface area (Å²) >= 11 is 5.41. The Morgan fingerprint density at radius 2 is 2.28 bits per heavy atom. The van der Waals surface area contributed by atoms with Gasteiger partial charge >= 0.3 is 0 Å². The van der Waals surface area contributed by atoms with E-state index in [9.17, 15) is 0 Å². The van der Waals surface area contributed by atoms with Crippen molar-refractivity contribution in [3.63, 3.8) is 0 Å². The maximum atomic E-state index is 4.18. The van der Waals surface area contributed by atoms with Crippen LogP contribution in [0.4, 0.5) is 0 Å². The van der Waals surface area contributed by atoms with Crippen LogP contribution in [0.1, 0.15) is 17.4 Å². The van der Waals surface area contributed by atoms with Crippen molar-refractivity contribution in [3.05, 3.63) is 50.9 Å². The van der Waals surface area contributed by atoms with Crippen molar-refractivity contribution in [1.82, 2.24) is 10.3 Å². The number of nitrogens with zero attached hydrogens (tertiary/aromatic N) is 1. The average molecular weight is 325 g/mol. The molecule has 1 unspecified atom stereocenters. The lowest BCUT2D eigenvalue weighted by atomic mass is 10.0. The molecular formula is C14H17BrN2S. The zero-order chi connectivity index (χ0) is 12.8. The fourth-order valence-corrected chi connectivity index (χ4v) is 3.60. The van der Waals surface area contributed by atoms with Gasteiger partial charge in [0.2, 0.25) is 0 Å². The summed E-state index contributed by atoms with van der Waals surface area (Å²) in [7, 11) is 0. The maximum Gasteiger partial charge on any atom is 0.0314 e.